The van der Waals surface area contributed by atoms with E-state index in [9.17, 15) is 0 Å². The van der Waals surface area contributed by atoms with Crippen molar-refractivity contribution in [1.82, 2.24) is 9.97 Å². The van der Waals surface area contributed by atoms with Gasteiger partial charge in [0.05, 0.1) is 5.52 Å². The normalized spacial score (nSPS) is 10.3. The minimum absolute atomic E-state index is 0.596. The average molecular weight is 290 g/mol. The van der Waals surface area contributed by atoms with Crippen LogP contribution in [0.4, 0.5) is 0 Å². The second-order valence-corrected chi connectivity index (χ2v) is 4.62. The van der Waals surface area contributed by atoms with Crippen LogP contribution in [0.15, 0.2) is 66.9 Å². The maximum Gasteiger partial charge on any atom is 0.219 e. The van der Waals surface area contributed by atoms with Crippen LogP contribution in [0.25, 0.3) is 21.8 Å². The summed E-state index contributed by atoms with van der Waals surface area (Å²) in [6.45, 7) is 4.00. The first kappa shape index (κ1) is 14.1. The number of hydrogen-bond donors (Lipinski definition) is 1. The van der Waals surface area contributed by atoms with Crippen LogP contribution < -0.4 is 4.74 Å². The van der Waals surface area contributed by atoms with E-state index in [-0.39, 0.29) is 0 Å². The molecule has 0 fully saturated rings. The van der Waals surface area contributed by atoms with Crippen molar-refractivity contribution >= 4 is 21.8 Å². The number of fused-ring (bicyclic) bond motifs is 3. The van der Waals surface area contributed by atoms with Gasteiger partial charge in [-0.25, -0.2) is 4.98 Å². The number of pyridine rings is 1. The summed E-state index contributed by atoms with van der Waals surface area (Å²) in [7, 11) is 0. The summed E-state index contributed by atoms with van der Waals surface area (Å²) in [6, 6.07) is 19.9. The van der Waals surface area contributed by atoms with Crippen LogP contribution in [-0.2, 0) is 0 Å². The number of rotatable bonds is 2. The van der Waals surface area contributed by atoms with E-state index in [4.69, 9.17) is 4.74 Å². The van der Waals surface area contributed by atoms with Crippen molar-refractivity contribution < 1.29 is 4.74 Å². The third-order valence-corrected chi connectivity index (χ3v) is 3.36. The molecule has 0 amide bonds. The summed E-state index contributed by atoms with van der Waals surface area (Å²) >= 11 is 0. The lowest BCUT2D eigenvalue weighted by Gasteiger charge is -2.05. The van der Waals surface area contributed by atoms with E-state index in [1.165, 1.54) is 5.39 Å². The quantitative estimate of drug-likeness (QED) is 0.526. The van der Waals surface area contributed by atoms with Crippen molar-refractivity contribution in [3.05, 3.63) is 66.9 Å². The van der Waals surface area contributed by atoms with E-state index in [0.29, 0.717) is 5.88 Å². The van der Waals surface area contributed by atoms with Gasteiger partial charge in [0, 0.05) is 28.6 Å². The minimum atomic E-state index is 0.596. The van der Waals surface area contributed by atoms with Crippen LogP contribution in [0, 0.1) is 0 Å². The molecule has 22 heavy (non-hydrogen) atoms. The minimum Gasteiger partial charge on any atom is -0.437 e. The molecule has 4 aromatic rings. The van der Waals surface area contributed by atoms with Gasteiger partial charge in [-0.3, -0.25) is 0 Å². The molecule has 3 heteroatoms. The van der Waals surface area contributed by atoms with E-state index in [0.717, 1.165) is 22.2 Å². The molecule has 0 aliphatic heterocycles. The smallest absolute Gasteiger partial charge is 0.219 e. The maximum atomic E-state index is 5.88. The van der Waals surface area contributed by atoms with E-state index < -0.39 is 0 Å². The lowest BCUT2D eigenvalue weighted by Crippen LogP contribution is -1.87. The van der Waals surface area contributed by atoms with Gasteiger partial charge in [0.2, 0.25) is 5.88 Å². The van der Waals surface area contributed by atoms with Crippen molar-refractivity contribution in [3.8, 4) is 11.6 Å². The largest absolute Gasteiger partial charge is 0.437 e. The van der Waals surface area contributed by atoms with Gasteiger partial charge in [0.25, 0.3) is 0 Å². The molecular formula is C19H18N2O. The van der Waals surface area contributed by atoms with Gasteiger partial charge in [0.1, 0.15) is 0 Å². The van der Waals surface area contributed by atoms with Gasteiger partial charge in [-0.1, -0.05) is 50.2 Å². The Labute approximate surface area is 129 Å². The van der Waals surface area contributed by atoms with Crippen LogP contribution in [0.3, 0.4) is 0 Å². The van der Waals surface area contributed by atoms with Gasteiger partial charge >= 0.3 is 0 Å². The van der Waals surface area contributed by atoms with E-state index in [1.54, 1.807) is 6.20 Å². The number of H-pyrrole nitrogens is 1. The fraction of sp³-hybridized carbons (Fsp3) is 0.105. The predicted molar refractivity (Wildman–Crippen MR) is 91.5 cm³/mol. The van der Waals surface area contributed by atoms with Gasteiger partial charge in [-0.2, -0.15) is 0 Å². The molecule has 2 aromatic carbocycles. The SMILES string of the molecule is CC.c1ccc(Oc2cccc3c2[nH]c2ccccc23)nc1. The fourth-order valence-electron chi connectivity index (χ4n) is 2.45. The van der Waals surface area contributed by atoms with Crippen molar-refractivity contribution in [1.29, 1.82) is 0 Å². The summed E-state index contributed by atoms with van der Waals surface area (Å²) in [5, 5.41) is 2.36. The Morgan fingerprint density at radius 1 is 0.818 bits per heavy atom. The molecule has 0 aliphatic carbocycles. The van der Waals surface area contributed by atoms with Crippen molar-refractivity contribution in [2.24, 2.45) is 0 Å². The number of nitrogens with zero attached hydrogens (tertiary/aromatic N) is 1. The fourth-order valence-corrected chi connectivity index (χ4v) is 2.45. The zero-order valence-electron chi connectivity index (χ0n) is 12.7. The molecule has 0 radical (unpaired) electrons. The molecule has 2 heterocycles. The first-order valence-electron chi connectivity index (χ1n) is 7.50. The summed E-state index contributed by atoms with van der Waals surface area (Å²) in [4.78, 5) is 7.61. The Balaban J connectivity index is 0.000000693. The first-order valence-corrected chi connectivity index (χ1v) is 7.50. The van der Waals surface area contributed by atoms with Crippen molar-refractivity contribution in [2.45, 2.75) is 13.8 Å². The zero-order chi connectivity index (χ0) is 15.4. The van der Waals surface area contributed by atoms with E-state index >= 15 is 0 Å². The Hall–Kier alpha value is -2.81. The van der Waals surface area contributed by atoms with Crippen molar-refractivity contribution in [3.63, 3.8) is 0 Å². The number of aromatic nitrogens is 2. The molecule has 1 N–H and O–H groups in total. The number of hydrogen-bond acceptors (Lipinski definition) is 2. The van der Waals surface area contributed by atoms with Crippen LogP contribution in [-0.4, -0.2) is 9.97 Å². The maximum absolute atomic E-state index is 5.88. The summed E-state index contributed by atoms with van der Waals surface area (Å²) in [6.07, 6.45) is 1.72. The lowest BCUT2D eigenvalue weighted by molar-refractivity contribution is 0.467. The molecule has 3 nitrogen and oxygen atoms in total. The Kier molecular flexibility index (Phi) is 4.05. The number of benzene rings is 2. The molecule has 110 valence electrons. The third kappa shape index (κ3) is 2.53. The van der Waals surface area contributed by atoms with E-state index in [1.807, 2.05) is 56.3 Å². The molecule has 0 saturated carbocycles. The molecular weight excluding hydrogens is 272 g/mol. The highest BCUT2D eigenvalue weighted by molar-refractivity contribution is 6.09. The molecule has 0 unspecified atom stereocenters. The number of para-hydroxylation sites is 2. The van der Waals surface area contributed by atoms with E-state index in [2.05, 4.69) is 28.2 Å². The third-order valence-electron chi connectivity index (χ3n) is 3.36. The lowest BCUT2D eigenvalue weighted by atomic mass is 10.1. The zero-order valence-corrected chi connectivity index (χ0v) is 12.7. The molecule has 2 aromatic heterocycles. The Morgan fingerprint density at radius 3 is 2.41 bits per heavy atom. The second kappa shape index (κ2) is 6.31. The average Bonchev–Trinajstić information content (AvgIpc) is 2.98. The molecule has 0 saturated heterocycles. The van der Waals surface area contributed by atoms with Gasteiger partial charge in [0.15, 0.2) is 5.75 Å². The highest BCUT2D eigenvalue weighted by Gasteiger charge is 2.09. The number of ether oxygens (including phenoxy) is 1. The molecule has 4 rings (SSSR count). The number of aromatic amines is 1. The van der Waals surface area contributed by atoms with Crippen molar-refractivity contribution in [2.75, 3.05) is 0 Å². The first-order chi connectivity index (χ1) is 10.9. The summed E-state index contributed by atoms with van der Waals surface area (Å²) in [5.41, 5.74) is 2.11. The van der Waals surface area contributed by atoms with Gasteiger partial charge in [-0.15, -0.1) is 0 Å². The van der Waals surface area contributed by atoms with Crippen LogP contribution in [0.1, 0.15) is 13.8 Å². The molecule has 0 spiro atoms. The van der Waals surface area contributed by atoms with Crippen LogP contribution >= 0.6 is 0 Å². The second-order valence-electron chi connectivity index (χ2n) is 4.62. The Bertz CT molecular complexity index is 882. The number of nitrogens with one attached hydrogen (secondary N) is 1. The summed E-state index contributed by atoms with van der Waals surface area (Å²) in [5.74, 6) is 1.39. The van der Waals surface area contributed by atoms with Gasteiger partial charge < -0.3 is 9.72 Å². The van der Waals surface area contributed by atoms with Crippen LogP contribution in [0.5, 0.6) is 11.6 Å². The molecule has 0 atom stereocenters. The standard InChI is InChI=1S/C17H12N2O.C2H6/c1-2-8-14-12(6-1)13-7-5-9-15(17(13)19-14)20-16-10-3-4-11-18-16;1-2/h1-11,19H;1-2H3. The Morgan fingerprint density at radius 2 is 1.59 bits per heavy atom. The molecule has 0 aliphatic rings. The topological polar surface area (TPSA) is 37.9 Å². The monoisotopic (exact) mass is 290 g/mol. The summed E-state index contributed by atoms with van der Waals surface area (Å²) < 4.78 is 5.88. The predicted octanol–water partition coefficient (Wildman–Crippen LogP) is 5.53. The molecule has 0 bridgehead atoms. The van der Waals surface area contributed by atoms with Gasteiger partial charge in [-0.05, 0) is 18.2 Å². The van der Waals surface area contributed by atoms with Crippen LogP contribution in [0.2, 0.25) is 0 Å². The highest BCUT2D eigenvalue weighted by Crippen LogP contribution is 2.33. The highest BCUT2D eigenvalue weighted by atomic mass is 16.5.